The summed E-state index contributed by atoms with van der Waals surface area (Å²) in [7, 11) is 0. The Bertz CT molecular complexity index is 342. The van der Waals surface area contributed by atoms with Crippen LogP contribution >= 0.6 is 12.4 Å². The molecule has 2 atom stereocenters. The fraction of sp³-hybridized carbons (Fsp3) is 0.538. The maximum Gasteiger partial charge on any atom is 0.123 e. The predicted molar refractivity (Wildman–Crippen MR) is 71.0 cm³/mol. The zero-order chi connectivity index (χ0) is 11.5. The van der Waals surface area contributed by atoms with Gasteiger partial charge >= 0.3 is 0 Å². The van der Waals surface area contributed by atoms with E-state index in [9.17, 15) is 4.39 Å². The van der Waals surface area contributed by atoms with E-state index in [0.717, 1.165) is 19.6 Å². The number of halogens is 2. The summed E-state index contributed by atoms with van der Waals surface area (Å²) < 4.78 is 12.8. The van der Waals surface area contributed by atoms with E-state index in [0.29, 0.717) is 12.1 Å². The second-order valence-corrected chi connectivity index (χ2v) is 4.71. The SMILES string of the molecule is C[C@@H]1CN(Cc2ccc(F)cc2)[C@@H](C)CN1.Cl. The standard InChI is InChI=1S/C13H19FN2.ClH/c1-10-8-16(11(2)7-15-10)9-12-3-5-13(14)6-4-12;/h3-6,10-11,15H,7-9H2,1-2H3;1H/t10-,11+;/m1./s1. The average molecular weight is 259 g/mol. The second-order valence-electron chi connectivity index (χ2n) is 4.71. The molecule has 0 amide bonds. The maximum absolute atomic E-state index is 12.8. The summed E-state index contributed by atoms with van der Waals surface area (Å²) in [6.45, 7) is 7.42. The smallest absolute Gasteiger partial charge is 0.123 e. The molecule has 17 heavy (non-hydrogen) atoms. The third kappa shape index (κ3) is 3.95. The first-order chi connectivity index (χ1) is 7.65. The Morgan fingerprint density at radius 1 is 1.29 bits per heavy atom. The summed E-state index contributed by atoms with van der Waals surface area (Å²) in [6.07, 6.45) is 0. The molecule has 1 aromatic carbocycles. The molecule has 0 bridgehead atoms. The lowest BCUT2D eigenvalue weighted by Gasteiger charge is -2.37. The fourth-order valence-corrected chi connectivity index (χ4v) is 2.14. The van der Waals surface area contributed by atoms with Gasteiger partial charge in [-0.3, -0.25) is 4.90 Å². The van der Waals surface area contributed by atoms with Gasteiger partial charge in [0, 0.05) is 31.7 Å². The Morgan fingerprint density at radius 2 is 1.94 bits per heavy atom. The van der Waals surface area contributed by atoms with Crippen molar-refractivity contribution in [2.24, 2.45) is 0 Å². The molecule has 0 spiro atoms. The van der Waals surface area contributed by atoms with Gasteiger partial charge in [0.05, 0.1) is 0 Å². The zero-order valence-electron chi connectivity index (χ0n) is 10.3. The molecule has 1 heterocycles. The van der Waals surface area contributed by atoms with Crippen LogP contribution in [0.2, 0.25) is 0 Å². The van der Waals surface area contributed by atoms with Crippen molar-refractivity contribution < 1.29 is 4.39 Å². The first kappa shape index (κ1) is 14.4. The van der Waals surface area contributed by atoms with Crippen LogP contribution in [0.25, 0.3) is 0 Å². The van der Waals surface area contributed by atoms with Gasteiger partial charge in [0.25, 0.3) is 0 Å². The molecular formula is C13H20ClFN2. The number of nitrogens with one attached hydrogen (secondary N) is 1. The van der Waals surface area contributed by atoms with Crippen LogP contribution in [0.4, 0.5) is 4.39 Å². The van der Waals surface area contributed by atoms with Crippen LogP contribution in [0.1, 0.15) is 19.4 Å². The van der Waals surface area contributed by atoms with Gasteiger partial charge in [0.2, 0.25) is 0 Å². The largest absolute Gasteiger partial charge is 0.311 e. The highest BCUT2D eigenvalue weighted by Gasteiger charge is 2.21. The summed E-state index contributed by atoms with van der Waals surface area (Å²) >= 11 is 0. The van der Waals surface area contributed by atoms with Crippen molar-refractivity contribution in [3.05, 3.63) is 35.6 Å². The highest BCUT2D eigenvalue weighted by atomic mass is 35.5. The number of benzene rings is 1. The van der Waals surface area contributed by atoms with Crippen molar-refractivity contribution in [3.63, 3.8) is 0 Å². The quantitative estimate of drug-likeness (QED) is 0.877. The maximum atomic E-state index is 12.8. The monoisotopic (exact) mass is 258 g/mol. The molecule has 96 valence electrons. The van der Waals surface area contributed by atoms with Crippen LogP contribution in [-0.2, 0) is 6.54 Å². The molecule has 1 fully saturated rings. The minimum Gasteiger partial charge on any atom is -0.311 e. The molecule has 0 aromatic heterocycles. The predicted octanol–water partition coefficient (Wildman–Crippen LogP) is 2.43. The van der Waals surface area contributed by atoms with E-state index in [-0.39, 0.29) is 18.2 Å². The van der Waals surface area contributed by atoms with Gasteiger partial charge in [-0.15, -0.1) is 12.4 Å². The molecular weight excluding hydrogens is 239 g/mol. The van der Waals surface area contributed by atoms with Gasteiger partial charge in [0.15, 0.2) is 0 Å². The number of piperazine rings is 1. The lowest BCUT2D eigenvalue weighted by atomic mass is 10.1. The molecule has 1 aliphatic rings. The summed E-state index contributed by atoms with van der Waals surface area (Å²) in [5.74, 6) is -0.162. The highest BCUT2D eigenvalue weighted by Crippen LogP contribution is 2.12. The van der Waals surface area contributed by atoms with Crippen molar-refractivity contribution in [2.75, 3.05) is 13.1 Å². The van der Waals surface area contributed by atoms with Crippen molar-refractivity contribution in [2.45, 2.75) is 32.5 Å². The first-order valence-electron chi connectivity index (χ1n) is 5.87. The Labute approximate surface area is 109 Å². The second kappa shape index (κ2) is 6.34. The molecule has 1 aromatic rings. The summed E-state index contributed by atoms with van der Waals surface area (Å²) in [5.41, 5.74) is 1.18. The van der Waals surface area contributed by atoms with Crippen molar-refractivity contribution >= 4 is 12.4 Å². The topological polar surface area (TPSA) is 15.3 Å². The van der Waals surface area contributed by atoms with Crippen LogP contribution in [-0.4, -0.2) is 30.1 Å². The summed E-state index contributed by atoms with van der Waals surface area (Å²) in [5, 5.41) is 3.45. The van der Waals surface area contributed by atoms with E-state index in [1.54, 1.807) is 0 Å². The van der Waals surface area contributed by atoms with E-state index in [1.165, 1.54) is 17.7 Å². The Morgan fingerprint density at radius 3 is 2.59 bits per heavy atom. The molecule has 2 nitrogen and oxygen atoms in total. The van der Waals surface area contributed by atoms with Crippen LogP contribution < -0.4 is 5.32 Å². The lowest BCUT2D eigenvalue weighted by molar-refractivity contribution is 0.139. The molecule has 0 unspecified atom stereocenters. The summed E-state index contributed by atoms with van der Waals surface area (Å²) in [4.78, 5) is 2.44. The number of hydrogen-bond acceptors (Lipinski definition) is 2. The van der Waals surface area contributed by atoms with Gasteiger partial charge in [-0.05, 0) is 31.5 Å². The van der Waals surface area contributed by atoms with Crippen LogP contribution in [0.3, 0.4) is 0 Å². The number of hydrogen-bond donors (Lipinski definition) is 1. The van der Waals surface area contributed by atoms with Crippen LogP contribution in [0.5, 0.6) is 0 Å². The minimum atomic E-state index is -0.162. The highest BCUT2D eigenvalue weighted by molar-refractivity contribution is 5.85. The van der Waals surface area contributed by atoms with Crippen LogP contribution in [0, 0.1) is 5.82 Å². The van der Waals surface area contributed by atoms with E-state index in [4.69, 9.17) is 0 Å². The van der Waals surface area contributed by atoms with Gasteiger partial charge < -0.3 is 5.32 Å². The molecule has 0 radical (unpaired) electrons. The van der Waals surface area contributed by atoms with Crippen molar-refractivity contribution in [3.8, 4) is 0 Å². The Balaban J connectivity index is 0.00000144. The van der Waals surface area contributed by atoms with Gasteiger partial charge in [-0.1, -0.05) is 12.1 Å². The third-order valence-corrected chi connectivity index (χ3v) is 3.19. The van der Waals surface area contributed by atoms with E-state index >= 15 is 0 Å². The van der Waals surface area contributed by atoms with Gasteiger partial charge in [-0.25, -0.2) is 4.39 Å². The minimum absolute atomic E-state index is 0. The first-order valence-corrected chi connectivity index (χ1v) is 5.87. The fourth-order valence-electron chi connectivity index (χ4n) is 2.14. The molecule has 2 rings (SSSR count). The number of nitrogens with zero attached hydrogens (tertiary/aromatic N) is 1. The summed E-state index contributed by atoms with van der Waals surface area (Å²) in [6, 6.07) is 7.89. The molecule has 0 saturated carbocycles. The van der Waals surface area contributed by atoms with E-state index < -0.39 is 0 Å². The van der Waals surface area contributed by atoms with Gasteiger partial charge in [-0.2, -0.15) is 0 Å². The molecule has 1 saturated heterocycles. The van der Waals surface area contributed by atoms with E-state index in [2.05, 4.69) is 24.1 Å². The molecule has 0 aliphatic carbocycles. The normalized spacial score (nSPS) is 25.4. The molecule has 1 aliphatic heterocycles. The van der Waals surface area contributed by atoms with Crippen molar-refractivity contribution in [1.82, 2.24) is 10.2 Å². The Kier molecular flexibility index (Phi) is 5.37. The van der Waals surface area contributed by atoms with Crippen molar-refractivity contribution in [1.29, 1.82) is 0 Å². The number of rotatable bonds is 2. The Hall–Kier alpha value is -0.640. The average Bonchev–Trinajstić information content (AvgIpc) is 2.27. The van der Waals surface area contributed by atoms with Gasteiger partial charge in [0.1, 0.15) is 5.82 Å². The molecule has 4 heteroatoms. The van der Waals surface area contributed by atoms with E-state index in [1.807, 2.05) is 12.1 Å². The van der Waals surface area contributed by atoms with Crippen LogP contribution in [0.15, 0.2) is 24.3 Å². The molecule has 1 N–H and O–H groups in total. The zero-order valence-corrected chi connectivity index (χ0v) is 11.1. The third-order valence-electron chi connectivity index (χ3n) is 3.19. The lowest BCUT2D eigenvalue weighted by Crippen LogP contribution is -2.53.